The number of hydrogen-bond acceptors (Lipinski definition) is 15. The van der Waals surface area contributed by atoms with Crippen molar-refractivity contribution in [1.82, 2.24) is 35.3 Å². The van der Waals surface area contributed by atoms with Crippen LogP contribution < -0.4 is 34.1 Å². The van der Waals surface area contributed by atoms with Gasteiger partial charge in [-0.3, -0.25) is 24.8 Å². The van der Waals surface area contributed by atoms with E-state index in [4.69, 9.17) is 18.9 Å². The molecule has 1 atom stereocenters. The maximum Gasteiger partial charge on any atom is 0.237 e. The highest BCUT2D eigenvalue weighted by Crippen LogP contribution is 2.38. The first-order valence-electron chi connectivity index (χ1n) is 28.9. The summed E-state index contributed by atoms with van der Waals surface area (Å²) in [6.45, 7) is 17.1. The molecular formula is C70H70N10O6S2. The largest absolute Gasteiger partial charge is 0.495 e. The van der Waals surface area contributed by atoms with Crippen LogP contribution >= 0.6 is 23.5 Å². The minimum Gasteiger partial charge on any atom is -0.495 e. The zero-order chi connectivity index (χ0) is 61.5. The molecular weight excluding hydrogens is 1140 g/mol. The van der Waals surface area contributed by atoms with Crippen LogP contribution in [0.5, 0.6) is 23.0 Å². The molecule has 8 aromatic carbocycles. The lowest BCUT2D eigenvalue weighted by atomic mass is 10.0. The number of thioether (sulfide) groups is 2. The molecule has 11 aromatic rings. The summed E-state index contributed by atoms with van der Waals surface area (Å²) in [7, 11) is 1.70. The fourth-order valence-corrected chi connectivity index (χ4v) is 11.5. The van der Waals surface area contributed by atoms with Crippen molar-refractivity contribution in [3.8, 4) is 34.4 Å². The molecule has 1 amide bonds. The minimum atomic E-state index is -0.319. The lowest BCUT2D eigenvalue weighted by Gasteiger charge is -2.32. The number of Topliss-reactive ketones (excluding diaryl/α,β-unsaturated/α-hetero) is 1. The fraction of sp³-hybridized carbons (Fsp3) is 0.214. The summed E-state index contributed by atoms with van der Waals surface area (Å²) in [4.78, 5) is 41.5. The monoisotopic (exact) mass is 1210 g/mol. The Labute approximate surface area is 521 Å². The third-order valence-electron chi connectivity index (χ3n) is 14.9. The van der Waals surface area contributed by atoms with Crippen LogP contribution in [0.1, 0.15) is 63.4 Å². The van der Waals surface area contributed by atoms with Crippen molar-refractivity contribution < 1.29 is 28.5 Å². The molecule has 0 radical (unpaired) electrons. The molecule has 16 nitrogen and oxygen atoms in total. The van der Waals surface area contributed by atoms with Crippen molar-refractivity contribution in [2.75, 3.05) is 48.0 Å². The topological polar surface area (TPSA) is 186 Å². The number of rotatable bonds is 14. The summed E-state index contributed by atoms with van der Waals surface area (Å²) in [5.41, 5.74) is 11.6. The number of aryl methyl sites for hydroxylation is 5. The van der Waals surface area contributed by atoms with E-state index in [0.717, 1.165) is 86.8 Å². The molecule has 18 heteroatoms. The van der Waals surface area contributed by atoms with Gasteiger partial charge in [0.15, 0.2) is 25.1 Å². The predicted octanol–water partition coefficient (Wildman–Crippen LogP) is 15.1. The van der Waals surface area contributed by atoms with Crippen LogP contribution in [0.3, 0.4) is 0 Å². The summed E-state index contributed by atoms with van der Waals surface area (Å²) >= 11 is 2.67. The molecule has 13 rings (SSSR count). The second-order valence-corrected chi connectivity index (χ2v) is 23.3. The molecule has 2 aliphatic rings. The number of aromatic nitrogens is 7. The Kier molecular flexibility index (Phi) is 20.4. The SMILES string of the molecule is CCOc1ccc(N2COc3ccc4ccccc4c3C2)cc1.COc1ccccc1N1COc2ccc3ccccc3c2C1.Cc1cccc(C)c1NC(=O)C(C)Sc1n[nH]c(-c2ccncc2)n1.Cc1nc(SCC(=O)c2ccc(C)c(C)c2)n[nH]1. The Balaban J connectivity index is 0.000000130. The van der Waals surface area contributed by atoms with E-state index < -0.39 is 0 Å². The van der Waals surface area contributed by atoms with E-state index in [1.54, 1.807) is 19.5 Å². The lowest BCUT2D eigenvalue weighted by Crippen LogP contribution is -2.32. The molecule has 88 heavy (non-hydrogen) atoms. The van der Waals surface area contributed by atoms with Gasteiger partial charge >= 0.3 is 0 Å². The van der Waals surface area contributed by atoms with Gasteiger partial charge in [-0.25, -0.2) is 9.97 Å². The highest BCUT2D eigenvalue weighted by molar-refractivity contribution is 8.00. The van der Waals surface area contributed by atoms with Gasteiger partial charge in [-0.15, -0.1) is 10.2 Å². The van der Waals surface area contributed by atoms with Crippen molar-refractivity contribution in [2.24, 2.45) is 0 Å². The van der Waals surface area contributed by atoms with Crippen molar-refractivity contribution in [3.63, 3.8) is 0 Å². The number of H-pyrrole nitrogens is 2. The van der Waals surface area contributed by atoms with E-state index in [1.807, 2.05) is 127 Å². The number of ether oxygens (including phenoxy) is 4. The van der Waals surface area contributed by atoms with Crippen molar-refractivity contribution in [2.45, 2.75) is 77.1 Å². The lowest BCUT2D eigenvalue weighted by molar-refractivity contribution is -0.115. The van der Waals surface area contributed by atoms with E-state index in [-0.39, 0.29) is 16.9 Å². The second-order valence-electron chi connectivity index (χ2n) is 21.0. The summed E-state index contributed by atoms with van der Waals surface area (Å²) in [6, 6.07) is 57.0. The summed E-state index contributed by atoms with van der Waals surface area (Å²) in [6.07, 6.45) is 3.40. The van der Waals surface area contributed by atoms with Gasteiger partial charge in [0, 0.05) is 46.0 Å². The standard InChI is InChI=1S/C20H19NO2.C19H17NO2.C18H19N5OS.C13H15N3OS/c1-2-22-17-10-8-16(9-11-17)21-13-19-18-6-4-3-5-15(18)7-12-20(19)23-14-21;1-21-19-9-5-4-8-17(19)20-12-16-15-7-3-2-6-14(15)10-11-18(16)22-13-20;1-11-5-4-6-12(2)15(11)20-17(24)13(3)25-18-21-16(22-23-18)14-7-9-19-10-8-14;1-8-4-5-11(6-9(8)2)12(17)7-18-13-14-10(3)15-16-13/h3-12H,2,13-14H2,1H3;2-11H,12-13H2,1H3;4-10,13H,1-3H3,(H,20,24)(H,21,22,23);4-6H,7H2,1-3H3,(H,14,15,16). The number of hydrogen-bond donors (Lipinski definition) is 3. The summed E-state index contributed by atoms with van der Waals surface area (Å²) in [5.74, 6) is 5.55. The van der Waals surface area contributed by atoms with Crippen LogP contribution in [0.4, 0.5) is 17.1 Å². The van der Waals surface area contributed by atoms with Gasteiger partial charge < -0.3 is 34.1 Å². The molecule has 2 aliphatic heterocycles. The third kappa shape index (κ3) is 15.3. The molecule has 0 saturated carbocycles. The summed E-state index contributed by atoms with van der Waals surface area (Å²) in [5, 5.41) is 22.7. The number of fused-ring (bicyclic) bond motifs is 6. The number of aromatic amines is 2. The van der Waals surface area contributed by atoms with E-state index >= 15 is 0 Å². The fourth-order valence-electron chi connectivity index (χ4n) is 10.0. The maximum absolute atomic E-state index is 12.5. The molecule has 3 aromatic heterocycles. The van der Waals surface area contributed by atoms with Gasteiger partial charge in [0.25, 0.3) is 0 Å². The Morgan fingerprint density at radius 1 is 0.648 bits per heavy atom. The predicted molar refractivity (Wildman–Crippen MR) is 353 cm³/mol. The molecule has 448 valence electrons. The van der Waals surface area contributed by atoms with Gasteiger partial charge in [0.05, 0.1) is 43.5 Å². The Morgan fingerprint density at radius 2 is 1.27 bits per heavy atom. The van der Waals surface area contributed by atoms with Crippen LogP contribution in [0.2, 0.25) is 0 Å². The number of amides is 1. The quantitative estimate of drug-likeness (QED) is 0.0689. The number of pyridine rings is 1. The van der Waals surface area contributed by atoms with Gasteiger partial charge in [-0.1, -0.05) is 127 Å². The van der Waals surface area contributed by atoms with Crippen LogP contribution in [-0.4, -0.2) is 85.2 Å². The van der Waals surface area contributed by atoms with Gasteiger partial charge in [0.2, 0.25) is 16.2 Å². The van der Waals surface area contributed by atoms with Gasteiger partial charge in [-0.05, 0) is 159 Å². The molecule has 0 bridgehead atoms. The Hall–Kier alpha value is -9.65. The molecule has 0 aliphatic carbocycles. The number of carbonyl (C=O) groups is 2. The van der Waals surface area contributed by atoms with E-state index in [2.05, 4.69) is 141 Å². The minimum absolute atomic E-state index is 0.0716. The number of carbonyl (C=O) groups excluding carboxylic acids is 2. The van der Waals surface area contributed by atoms with Crippen molar-refractivity contribution in [1.29, 1.82) is 0 Å². The van der Waals surface area contributed by atoms with Crippen LogP contribution in [0.15, 0.2) is 193 Å². The number of para-hydroxylation sites is 3. The number of methoxy groups -OCH3 is 1. The van der Waals surface area contributed by atoms with Crippen LogP contribution in [0.25, 0.3) is 32.9 Å². The van der Waals surface area contributed by atoms with Gasteiger partial charge in [-0.2, -0.15) is 0 Å². The first-order valence-corrected chi connectivity index (χ1v) is 30.8. The van der Waals surface area contributed by atoms with E-state index in [0.29, 0.717) is 42.0 Å². The molecule has 1 unspecified atom stereocenters. The first kappa shape index (κ1) is 61.4. The first-order chi connectivity index (χ1) is 42.8. The molecule has 5 heterocycles. The van der Waals surface area contributed by atoms with Crippen molar-refractivity contribution in [3.05, 3.63) is 227 Å². The third-order valence-corrected chi connectivity index (χ3v) is 16.7. The molecule has 0 spiro atoms. The zero-order valence-corrected chi connectivity index (χ0v) is 52.2. The number of ketones is 1. The molecule has 3 N–H and O–H groups in total. The summed E-state index contributed by atoms with van der Waals surface area (Å²) < 4.78 is 22.9. The average molecular weight is 1210 g/mol. The maximum atomic E-state index is 12.5. The zero-order valence-electron chi connectivity index (χ0n) is 50.5. The number of benzene rings is 8. The van der Waals surface area contributed by atoms with Crippen molar-refractivity contribution >= 4 is 73.8 Å². The molecule has 0 fully saturated rings. The van der Waals surface area contributed by atoms with Crippen LogP contribution in [-0.2, 0) is 17.9 Å². The molecule has 0 saturated heterocycles. The highest BCUT2D eigenvalue weighted by atomic mass is 32.2. The van der Waals surface area contributed by atoms with Crippen LogP contribution in [0, 0.1) is 34.6 Å². The van der Waals surface area contributed by atoms with Gasteiger partial charge in [0.1, 0.15) is 28.8 Å². The van der Waals surface area contributed by atoms with E-state index in [9.17, 15) is 9.59 Å². The Bertz CT molecular complexity index is 4160. The average Bonchev–Trinajstić information content (AvgIpc) is 4.45. The number of nitrogens with one attached hydrogen (secondary N) is 3. The highest BCUT2D eigenvalue weighted by Gasteiger charge is 2.24. The smallest absolute Gasteiger partial charge is 0.237 e. The second kappa shape index (κ2) is 29.2. The Morgan fingerprint density at radius 3 is 1.91 bits per heavy atom. The normalized spacial score (nSPS) is 12.5. The van der Waals surface area contributed by atoms with E-state index in [1.165, 1.54) is 61.8 Å². The number of anilines is 3. The number of nitrogens with zero attached hydrogens (tertiary/aromatic N) is 7.